The third-order valence-corrected chi connectivity index (χ3v) is 4.97. The highest BCUT2D eigenvalue weighted by Crippen LogP contribution is 2.20. The largest absolute Gasteiger partial charge is 0.374 e. The number of nitrogens with one attached hydrogen (secondary N) is 2. The summed E-state index contributed by atoms with van der Waals surface area (Å²) >= 11 is 0. The molecule has 1 heterocycles. The fourth-order valence-electron chi connectivity index (χ4n) is 3.40. The predicted molar refractivity (Wildman–Crippen MR) is 110 cm³/mol. The average Bonchev–Trinajstić information content (AvgIpc) is 2.69. The highest BCUT2D eigenvalue weighted by atomic mass is 16.2. The van der Waals surface area contributed by atoms with Crippen LogP contribution in [0, 0.1) is 0 Å². The molecule has 0 aromatic heterocycles. The SMILES string of the molecule is CCCC(Nc1ccc(N2CCN(CCCCN)CC2)cc1)C(=O)NC=O. The quantitative estimate of drug-likeness (QED) is 0.400. The lowest BCUT2D eigenvalue weighted by molar-refractivity contribution is -0.125. The molecule has 1 saturated heterocycles. The van der Waals surface area contributed by atoms with Crippen molar-refractivity contribution in [3.8, 4) is 0 Å². The number of nitrogens with zero attached hydrogens (tertiary/aromatic N) is 2. The van der Waals surface area contributed by atoms with Gasteiger partial charge >= 0.3 is 0 Å². The van der Waals surface area contributed by atoms with E-state index in [0.29, 0.717) is 12.8 Å². The van der Waals surface area contributed by atoms with Crippen molar-refractivity contribution in [2.75, 3.05) is 49.5 Å². The molecule has 0 radical (unpaired) electrons. The van der Waals surface area contributed by atoms with Crippen LogP contribution >= 0.6 is 0 Å². The molecule has 2 rings (SSSR count). The van der Waals surface area contributed by atoms with Crippen LogP contribution in [0.15, 0.2) is 24.3 Å². The molecule has 1 fully saturated rings. The summed E-state index contributed by atoms with van der Waals surface area (Å²) in [5.41, 5.74) is 7.65. The number of carbonyl (C=O) groups excluding carboxylic acids is 2. The molecule has 1 atom stereocenters. The van der Waals surface area contributed by atoms with Gasteiger partial charge in [0.2, 0.25) is 12.3 Å². The molecule has 4 N–H and O–H groups in total. The molecular weight excluding hydrogens is 342 g/mol. The van der Waals surface area contributed by atoms with Gasteiger partial charge in [-0.2, -0.15) is 0 Å². The summed E-state index contributed by atoms with van der Waals surface area (Å²) in [6, 6.07) is 7.78. The van der Waals surface area contributed by atoms with E-state index in [1.165, 1.54) is 12.1 Å². The van der Waals surface area contributed by atoms with Gasteiger partial charge in [-0.1, -0.05) is 13.3 Å². The van der Waals surface area contributed by atoms with Crippen LogP contribution in [0.1, 0.15) is 32.6 Å². The van der Waals surface area contributed by atoms with Gasteiger partial charge in [-0.05, 0) is 56.6 Å². The summed E-state index contributed by atoms with van der Waals surface area (Å²) in [6.45, 7) is 8.13. The second kappa shape index (κ2) is 11.6. The summed E-state index contributed by atoms with van der Waals surface area (Å²) in [5.74, 6) is -0.290. The molecule has 0 aliphatic carbocycles. The summed E-state index contributed by atoms with van der Waals surface area (Å²) in [6.07, 6.45) is 4.24. The Hall–Kier alpha value is -2.12. The molecule has 7 heteroatoms. The monoisotopic (exact) mass is 375 g/mol. The van der Waals surface area contributed by atoms with E-state index in [4.69, 9.17) is 5.73 Å². The smallest absolute Gasteiger partial charge is 0.248 e. The van der Waals surface area contributed by atoms with Gasteiger partial charge < -0.3 is 16.0 Å². The van der Waals surface area contributed by atoms with Gasteiger partial charge in [0.05, 0.1) is 0 Å². The number of anilines is 2. The maximum Gasteiger partial charge on any atom is 0.248 e. The Morgan fingerprint density at radius 1 is 1.19 bits per heavy atom. The van der Waals surface area contributed by atoms with Gasteiger partial charge in [-0.25, -0.2) is 0 Å². The molecule has 1 aromatic rings. The number of hydrogen-bond acceptors (Lipinski definition) is 6. The number of amides is 2. The second-order valence-corrected chi connectivity index (χ2v) is 6.98. The zero-order chi connectivity index (χ0) is 19.5. The number of benzene rings is 1. The molecule has 1 unspecified atom stereocenters. The van der Waals surface area contributed by atoms with Crippen molar-refractivity contribution < 1.29 is 9.59 Å². The predicted octanol–water partition coefficient (Wildman–Crippen LogP) is 1.40. The number of piperazine rings is 1. The number of imide groups is 1. The third kappa shape index (κ3) is 6.84. The van der Waals surface area contributed by atoms with Crippen LogP contribution in [0.2, 0.25) is 0 Å². The Labute approximate surface area is 162 Å². The van der Waals surface area contributed by atoms with Gasteiger partial charge in [0.15, 0.2) is 0 Å². The van der Waals surface area contributed by atoms with E-state index in [1.54, 1.807) is 0 Å². The first-order chi connectivity index (χ1) is 13.2. The fraction of sp³-hybridized carbons (Fsp3) is 0.600. The van der Waals surface area contributed by atoms with E-state index in [-0.39, 0.29) is 5.91 Å². The Morgan fingerprint density at radius 3 is 2.48 bits per heavy atom. The first kappa shape index (κ1) is 21.2. The molecule has 150 valence electrons. The average molecular weight is 376 g/mol. The van der Waals surface area contributed by atoms with E-state index in [0.717, 1.165) is 57.8 Å². The Balaban J connectivity index is 1.86. The Bertz CT molecular complexity index is 570. The second-order valence-electron chi connectivity index (χ2n) is 6.98. The Morgan fingerprint density at radius 2 is 1.89 bits per heavy atom. The number of unbranched alkanes of at least 4 members (excludes halogenated alkanes) is 1. The minimum atomic E-state index is -0.400. The normalized spacial score (nSPS) is 16.0. The minimum absolute atomic E-state index is 0.290. The molecule has 1 aromatic carbocycles. The van der Waals surface area contributed by atoms with Crippen LogP contribution in [0.5, 0.6) is 0 Å². The standard InChI is InChI=1S/C20H33N5O2/c1-2-5-19(20(27)22-16-26)23-17-6-8-18(9-7-17)25-14-12-24(13-15-25)11-4-3-10-21/h6-9,16,19,23H,2-5,10-15,21H2,1H3,(H,22,26,27). The number of rotatable bonds is 11. The highest BCUT2D eigenvalue weighted by molar-refractivity contribution is 5.91. The van der Waals surface area contributed by atoms with Crippen molar-refractivity contribution in [1.82, 2.24) is 10.2 Å². The lowest BCUT2D eigenvalue weighted by atomic mass is 10.1. The Kier molecular flexibility index (Phi) is 9.07. The molecule has 1 aliphatic rings. The molecular formula is C20H33N5O2. The number of carbonyl (C=O) groups is 2. The van der Waals surface area contributed by atoms with Gasteiger partial charge in [0.1, 0.15) is 6.04 Å². The van der Waals surface area contributed by atoms with E-state index >= 15 is 0 Å². The van der Waals surface area contributed by atoms with E-state index in [1.807, 2.05) is 19.1 Å². The first-order valence-electron chi connectivity index (χ1n) is 9.96. The summed E-state index contributed by atoms with van der Waals surface area (Å²) in [5, 5.41) is 5.46. The van der Waals surface area contributed by atoms with Crippen molar-refractivity contribution in [3.05, 3.63) is 24.3 Å². The van der Waals surface area contributed by atoms with Gasteiger partial charge in [0.25, 0.3) is 0 Å². The lowest BCUT2D eigenvalue weighted by Crippen LogP contribution is -2.46. The summed E-state index contributed by atoms with van der Waals surface area (Å²) in [7, 11) is 0. The zero-order valence-corrected chi connectivity index (χ0v) is 16.3. The molecule has 2 amide bonds. The van der Waals surface area contributed by atoms with Crippen molar-refractivity contribution >= 4 is 23.7 Å². The minimum Gasteiger partial charge on any atom is -0.374 e. The van der Waals surface area contributed by atoms with Crippen LogP contribution in [0.4, 0.5) is 11.4 Å². The van der Waals surface area contributed by atoms with Crippen LogP contribution < -0.4 is 21.3 Å². The summed E-state index contributed by atoms with van der Waals surface area (Å²) < 4.78 is 0. The van der Waals surface area contributed by atoms with Crippen molar-refractivity contribution in [1.29, 1.82) is 0 Å². The molecule has 1 aliphatic heterocycles. The van der Waals surface area contributed by atoms with Crippen molar-refractivity contribution in [3.63, 3.8) is 0 Å². The highest BCUT2D eigenvalue weighted by Gasteiger charge is 2.18. The van der Waals surface area contributed by atoms with Crippen LogP contribution in [-0.4, -0.2) is 62.5 Å². The van der Waals surface area contributed by atoms with Gasteiger partial charge in [-0.3, -0.25) is 19.8 Å². The molecule has 0 bridgehead atoms. The summed E-state index contributed by atoms with van der Waals surface area (Å²) in [4.78, 5) is 27.4. The van der Waals surface area contributed by atoms with Crippen molar-refractivity contribution in [2.45, 2.75) is 38.6 Å². The van der Waals surface area contributed by atoms with Crippen LogP contribution in [0.3, 0.4) is 0 Å². The number of hydrogen-bond donors (Lipinski definition) is 3. The van der Waals surface area contributed by atoms with Crippen LogP contribution in [0.25, 0.3) is 0 Å². The molecule has 0 spiro atoms. The maximum atomic E-state index is 12.0. The third-order valence-electron chi connectivity index (χ3n) is 4.97. The lowest BCUT2D eigenvalue weighted by Gasteiger charge is -2.36. The first-order valence-corrected chi connectivity index (χ1v) is 9.96. The maximum absolute atomic E-state index is 12.0. The topological polar surface area (TPSA) is 90.7 Å². The molecule has 7 nitrogen and oxygen atoms in total. The zero-order valence-electron chi connectivity index (χ0n) is 16.3. The van der Waals surface area contributed by atoms with E-state index in [2.05, 4.69) is 32.6 Å². The fourth-order valence-corrected chi connectivity index (χ4v) is 3.40. The van der Waals surface area contributed by atoms with Gasteiger partial charge in [-0.15, -0.1) is 0 Å². The molecule has 27 heavy (non-hydrogen) atoms. The van der Waals surface area contributed by atoms with E-state index in [9.17, 15) is 9.59 Å². The van der Waals surface area contributed by atoms with Crippen molar-refractivity contribution in [2.24, 2.45) is 5.73 Å². The molecule has 0 saturated carbocycles. The van der Waals surface area contributed by atoms with Gasteiger partial charge in [0, 0.05) is 37.6 Å². The number of nitrogens with two attached hydrogens (primary N) is 1. The van der Waals surface area contributed by atoms with Crippen LogP contribution in [-0.2, 0) is 9.59 Å². The van der Waals surface area contributed by atoms with E-state index < -0.39 is 6.04 Å².